The summed E-state index contributed by atoms with van der Waals surface area (Å²) in [5.74, 6) is -1.24. The number of hydrogen-bond acceptors (Lipinski definition) is 3. The summed E-state index contributed by atoms with van der Waals surface area (Å²) in [4.78, 5) is 24.4. The summed E-state index contributed by atoms with van der Waals surface area (Å²) in [6, 6.07) is 5.16. The highest BCUT2D eigenvalue weighted by atomic mass is 16.4. The molecule has 0 spiro atoms. The van der Waals surface area contributed by atoms with E-state index in [1.807, 2.05) is 18.2 Å². The number of amides is 1. The summed E-state index contributed by atoms with van der Waals surface area (Å²) < 4.78 is 0. The van der Waals surface area contributed by atoms with E-state index in [2.05, 4.69) is 12.2 Å². The van der Waals surface area contributed by atoms with Gasteiger partial charge in [-0.3, -0.25) is 9.59 Å². The van der Waals surface area contributed by atoms with Crippen LogP contribution < -0.4 is 10.2 Å². The number of carbonyl (C=O) groups excluding carboxylic acids is 1. The standard InChI is InChI=1S/C13H16N2O3/c1-3-8-4-5-9-10(6-8)15(2)11(7-12(16)17)13(18)14-9/h4-6,11H,3,7H2,1-2H3,(H,14,18)(H,16,17). The molecule has 18 heavy (non-hydrogen) atoms. The molecule has 0 saturated heterocycles. The smallest absolute Gasteiger partial charge is 0.305 e. The van der Waals surface area contributed by atoms with Crippen molar-refractivity contribution in [3.05, 3.63) is 23.8 Å². The zero-order valence-corrected chi connectivity index (χ0v) is 10.4. The van der Waals surface area contributed by atoms with Crippen LogP contribution in [0.15, 0.2) is 18.2 Å². The first-order valence-electron chi connectivity index (χ1n) is 5.91. The van der Waals surface area contributed by atoms with Crippen molar-refractivity contribution in [2.24, 2.45) is 0 Å². The first-order chi connectivity index (χ1) is 8.52. The Morgan fingerprint density at radius 3 is 2.83 bits per heavy atom. The molecule has 0 aromatic heterocycles. The largest absolute Gasteiger partial charge is 0.481 e. The Morgan fingerprint density at radius 1 is 1.50 bits per heavy atom. The van der Waals surface area contributed by atoms with Crippen LogP contribution in [-0.4, -0.2) is 30.1 Å². The predicted octanol–water partition coefficient (Wildman–Crippen LogP) is 1.48. The molecule has 1 amide bonds. The fourth-order valence-electron chi connectivity index (χ4n) is 2.15. The van der Waals surface area contributed by atoms with Crippen LogP contribution in [0.25, 0.3) is 0 Å². The minimum Gasteiger partial charge on any atom is -0.481 e. The number of rotatable bonds is 3. The van der Waals surface area contributed by atoms with Gasteiger partial charge in [0.2, 0.25) is 5.91 Å². The average Bonchev–Trinajstić information content (AvgIpc) is 2.34. The molecule has 1 aromatic carbocycles. The molecular weight excluding hydrogens is 232 g/mol. The number of benzene rings is 1. The number of fused-ring (bicyclic) bond motifs is 1. The molecule has 1 unspecified atom stereocenters. The van der Waals surface area contributed by atoms with Gasteiger partial charge in [-0.2, -0.15) is 0 Å². The lowest BCUT2D eigenvalue weighted by molar-refractivity contribution is -0.138. The molecule has 1 aliphatic rings. The van der Waals surface area contributed by atoms with Crippen LogP contribution >= 0.6 is 0 Å². The molecule has 0 saturated carbocycles. The predicted molar refractivity (Wildman–Crippen MR) is 68.9 cm³/mol. The van der Waals surface area contributed by atoms with Gasteiger partial charge in [-0.15, -0.1) is 0 Å². The van der Waals surface area contributed by atoms with Gasteiger partial charge in [0.1, 0.15) is 6.04 Å². The lowest BCUT2D eigenvalue weighted by Crippen LogP contribution is -2.47. The SMILES string of the molecule is CCc1ccc2c(c1)N(C)C(CC(=O)O)C(=O)N2. The van der Waals surface area contributed by atoms with Gasteiger partial charge in [0.25, 0.3) is 0 Å². The van der Waals surface area contributed by atoms with Crippen molar-refractivity contribution in [1.29, 1.82) is 0 Å². The van der Waals surface area contributed by atoms with Crippen molar-refractivity contribution < 1.29 is 14.7 Å². The van der Waals surface area contributed by atoms with Crippen molar-refractivity contribution in [3.63, 3.8) is 0 Å². The Labute approximate surface area is 105 Å². The van der Waals surface area contributed by atoms with E-state index in [1.54, 1.807) is 11.9 Å². The third kappa shape index (κ3) is 2.16. The fourth-order valence-corrected chi connectivity index (χ4v) is 2.15. The van der Waals surface area contributed by atoms with Gasteiger partial charge >= 0.3 is 5.97 Å². The Balaban J connectivity index is 2.37. The van der Waals surface area contributed by atoms with Crippen molar-refractivity contribution in [3.8, 4) is 0 Å². The number of aryl methyl sites for hydroxylation is 1. The van der Waals surface area contributed by atoms with E-state index in [-0.39, 0.29) is 12.3 Å². The van der Waals surface area contributed by atoms with Crippen LogP contribution in [0, 0.1) is 0 Å². The van der Waals surface area contributed by atoms with E-state index >= 15 is 0 Å². The van der Waals surface area contributed by atoms with Crippen LogP contribution in [0.1, 0.15) is 18.9 Å². The molecule has 0 bridgehead atoms. The molecule has 0 fully saturated rings. The Kier molecular flexibility index (Phi) is 3.23. The van der Waals surface area contributed by atoms with Crippen LogP contribution in [0.5, 0.6) is 0 Å². The van der Waals surface area contributed by atoms with Gasteiger partial charge < -0.3 is 15.3 Å². The quantitative estimate of drug-likeness (QED) is 0.850. The molecule has 0 aliphatic carbocycles. The van der Waals surface area contributed by atoms with Crippen LogP contribution in [0.2, 0.25) is 0 Å². The van der Waals surface area contributed by atoms with Gasteiger partial charge in [-0.1, -0.05) is 13.0 Å². The summed E-state index contributed by atoms with van der Waals surface area (Å²) in [5, 5.41) is 11.6. The van der Waals surface area contributed by atoms with Gasteiger partial charge in [0, 0.05) is 7.05 Å². The number of nitrogens with zero attached hydrogens (tertiary/aromatic N) is 1. The second-order valence-corrected chi connectivity index (χ2v) is 4.42. The van der Waals surface area contributed by atoms with Crippen molar-refractivity contribution in [2.75, 3.05) is 17.3 Å². The molecule has 2 N–H and O–H groups in total. The molecule has 1 aromatic rings. The first-order valence-corrected chi connectivity index (χ1v) is 5.91. The van der Waals surface area contributed by atoms with E-state index in [0.717, 1.165) is 23.4 Å². The van der Waals surface area contributed by atoms with E-state index < -0.39 is 12.0 Å². The van der Waals surface area contributed by atoms with Gasteiger partial charge in [0.15, 0.2) is 0 Å². The number of likely N-dealkylation sites (N-methyl/N-ethyl adjacent to an activating group) is 1. The number of carboxylic acids is 1. The van der Waals surface area contributed by atoms with E-state index in [4.69, 9.17) is 5.11 Å². The average molecular weight is 248 g/mol. The fraction of sp³-hybridized carbons (Fsp3) is 0.385. The highest BCUT2D eigenvalue weighted by molar-refractivity contribution is 6.04. The van der Waals surface area contributed by atoms with E-state index in [0.29, 0.717) is 0 Å². The molecule has 1 atom stereocenters. The lowest BCUT2D eigenvalue weighted by Gasteiger charge is -2.34. The molecule has 96 valence electrons. The second kappa shape index (κ2) is 4.68. The third-order valence-corrected chi connectivity index (χ3v) is 3.25. The maximum absolute atomic E-state index is 11.8. The Morgan fingerprint density at radius 2 is 2.22 bits per heavy atom. The highest BCUT2D eigenvalue weighted by Gasteiger charge is 2.32. The molecule has 5 heteroatoms. The maximum Gasteiger partial charge on any atom is 0.305 e. The van der Waals surface area contributed by atoms with Crippen molar-refractivity contribution >= 4 is 23.3 Å². The Bertz CT molecular complexity index is 499. The maximum atomic E-state index is 11.8. The lowest BCUT2D eigenvalue weighted by atomic mass is 10.0. The number of carbonyl (C=O) groups is 2. The molecule has 0 radical (unpaired) electrons. The minimum absolute atomic E-state index is 0.196. The number of nitrogens with one attached hydrogen (secondary N) is 1. The molecule has 2 rings (SSSR count). The van der Waals surface area contributed by atoms with E-state index in [1.165, 1.54) is 0 Å². The first kappa shape index (κ1) is 12.4. The van der Waals surface area contributed by atoms with E-state index in [9.17, 15) is 9.59 Å². The summed E-state index contributed by atoms with van der Waals surface area (Å²) in [5.41, 5.74) is 2.77. The van der Waals surface area contributed by atoms with Crippen molar-refractivity contribution in [2.45, 2.75) is 25.8 Å². The summed E-state index contributed by atoms with van der Waals surface area (Å²) in [6.45, 7) is 2.05. The number of hydrogen-bond donors (Lipinski definition) is 2. The zero-order valence-electron chi connectivity index (χ0n) is 10.4. The van der Waals surface area contributed by atoms with Gasteiger partial charge in [-0.05, 0) is 24.1 Å². The summed E-state index contributed by atoms with van der Waals surface area (Å²) in [7, 11) is 1.75. The summed E-state index contributed by atoms with van der Waals surface area (Å²) in [6.07, 6.45) is 0.705. The third-order valence-electron chi connectivity index (χ3n) is 3.25. The van der Waals surface area contributed by atoms with Crippen LogP contribution in [0.4, 0.5) is 11.4 Å². The summed E-state index contributed by atoms with van der Waals surface area (Å²) >= 11 is 0. The molecule has 5 nitrogen and oxygen atoms in total. The zero-order chi connectivity index (χ0) is 13.3. The molecular formula is C13H16N2O3. The van der Waals surface area contributed by atoms with Gasteiger partial charge in [-0.25, -0.2) is 0 Å². The number of carboxylic acid groups (broad SMARTS) is 1. The van der Waals surface area contributed by atoms with Crippen LogP contribution in [0.3, 0.4) is 0 Å². The normalized spacial score (nSPS) is 18.2. The van der Waals surface area contributed by atoms with Gasteiger partial charge in [0.05, 0.1) is 17.8 Å². The minimum atomic E-state index is -0.975. The van der Waals surface area contributed by atoms with Crippen molar-refractivity contribution in [1.82, 2.24) is 0 Å². The number of anilines is 2. The highest BCUT2D eigenvalue weighted by Crippen LogP contribution is 2.32. The van der Waals surface area contributed by atoms with Crippen LogP contribution in [-0.2, 0) is 16.0 Å². The topological polar surface area (TPSA) is 69.6 Å². The number of aliphatic carboxylic acids is 1. The monoisotopic (exact) mass is 248 g/mol. The molecule has 1 heterocycles. The Hall–Kier alpha value is -2.04. The molecule has 1 aliphatic heterocycles. The second-order valence-electron chi connectivity index (χ2n) is 4.42.